The molecule has 0 bridgehead atoms. The van der Waals surface area contributed by atoms with Crippen LogP contribution in [0.3, 0.4) is 0 Å². The molecule has 0 saturated carbocycles. The Labute approximate surface area is 109 Å². The highest BCUT2D eigenvalue weighted by Gasteiger charge is 2.44. The molecule has 2 rings (SSSR count). The van der Waals surface area contributed by atoms with E-state index in [1.165, 1.54) is 0 Å². The first-order chi connectivity index (χ1) is 9.21. The van der Waals surface area contributed by atoms with Crippen molar-refractivity contribution in [3.05, 3.63) is 23.0 Å². The largest absolute Gasteiger partial charge is 0.486 e. The van der Waals surface area contributed by atoms with Crippen LogP contribution in [-0.2, 0) is 12.6 Å². The molecule has 9 heteroatoms. The average molecular weight is 301 g/mol. The molecular weight excluding hydrogens is 292 g/mol. The second kappa shape index (κ2) is 5.12. The Hall–Kier alpha value is -1.51. The third-order valence-electron chi connectivity index (χ3n) is 2.86. The maximum atomic E-state index is 13.4. The van der Waals surface area contributed by atoms with E-state index < -0.39 is 49.2 Å². The predicted molar refractivity (Wildman–Crippen MR) is 54.3 cm³/mol. The highest BCUT2D eigenvalue weighted by Crippen LogP contribution is 2.44. The van der Waals surface area contributed by atoms with Crippen LogP contribution in [0.5, 0.6) is 5.75 Å². The number of hydrogen-bond donors (Lipinski definition) is 1. The van der Waals surface area contributed by atoms with Gasteiger partial charge >= 0.3 is 6.18 Å². The fraction of sp³-hybridized carbons (Fsp3) is 0.545. The Morgan fingerprint density at radius 3 is 2.60 bits per heavy atom. The van der Waals surface area contributed by atoms with E-state index in [1.807, 2.05) is 0 Å². The van der Waals surface area contributed by atoms with Crippen molar-refractivity contribution in [1.29, 1.82) is 0 Å². The quantitative estimate of drug-likeness (QED) is 0.873. The van der Waals surface area contributed by atoms with Crippen molar-refractivity contribution in [3.8, 4) is 5.75 Å². The molecule has 1 aliphatic rings. The average Bonchev–Trinajstić information content (AvgIpc) is 2.62. The molecule has 1 aromatic heterocycles. The van der Waals surface area contributed by atoms with Crippen molar-refractivity contribution < 1.29 is 36.2 Å². The second-order valence-corrected chi connectivity index (χ2v) is 4.23. The molecule has 1 heterocycles. The highest BCUT2D eigenvalue weighted by atomic mass is 19.4. The van der Waals surface area contributed by atoms with Gasteiger partial charge in [-0.1, -0.05) is 0 Å². The number of fused-ring (bicyclic) bond motifs is 1. The number of nitrogens with zero attached hydrogens (tertiary/aromatic N) is 1. The van der Waals surface area contributed by atoms with Gasteiger partial charge in [0.15, 0.2) is 5.69 Å². The van der Waals surface area contributed by atoms with Crippen molar-refractivity contribution in [2.75, 3.05) is 6.61 Å². The standard InChI is InChI=1S/C11H9F6NO2/c12-5-1-4-6(20-3-7(13)14)2-18-10(11(15,16)17)8(4)9(5)19/h2,5,7,9,19H,1,3H2/t5-,9+/m0/s1. The van der Waals surface area contributed by atoms with Crippen LogP contribution in [0, 0.1) is 0 Å². The van der Waals surface area contributed by atoms with Gasteiger partial charge in [-0.2, -0.15) is 13.2 Å². The van der Waals surface area contributed by atoms with Crippen molar-refractivity contribution in [2.45, 2.75) is 31.3 Å². The summed E-state index contributed by atoms with van der Waals surface area (Å²) in [7, 11) is 0. The number of hydrogen-bond acceptors (Lipinski definition) is 3. The van der Waals surface area contributed by atoms with E-state index in [2.05, 4.69) is 9.72 Å². The van der Waals surface area contributed by atoms with Gasteiger partial charge in [-0.3, -0.25) is 0 Å². The van der Waals surface area contributed by atoms with Crippen LogP contribution in [0.4, 0.5) is 26.3 Å². The van der Waals surface area contributed by atoms with Gasteiger partial charge in [-0.05, 0) is 0 Å². The van der Waals surface area contributed by atoms with Crippen LogP contribution in [0.15, 0.2) is 6.20 Å². The van der Waals surface area contributed by atoms with Crippen molar-refractivity contribution in [3.63, 3.8) is 0 Å². The van der Waals surface area contributed by atoms with Gasteiger partial charge in [0.1, 0.15) is 24.6 Å². The summed E-state index contributed by atoms with van der Waals surface area (Å²) in [6, 6.07) is 0. The second-order valence-electron chi connectivity index (χ2n) is 4.23. The molecule has 112 valence electrons. The fourth-order valence-electron chi connectivity index (χ4n) is 2.07. The molecular formula is C11H9F6NO2. The minimum Gasteiger partial charge on any atom is -0.486 e. The van der Waals surface area contributed by atoms with E-state index in [-0.39, 0.29) is 11.3 Å². The first kappa shape index (κ1) is 14.9. The summed E-state index contributed by atoms with van der Waals surface area (Å²) in [5, 5.41) is 9.48. The SMILES string of the molecule is O[C@H]1c2c(C(F)(F)F)ncc(OCC(F)F)c2C[C@@H]1F. The molecule has 0 aromatic carbocycles. The zero-order chi connectivity index (χ0) is 15.1. The summed E-state index contributed by atoms with van der Waals surface area (Å²) >= 11 is 0. The molecule has 0 unspecified atom stereocenters. The molecule has 3 nitrogen and oxygen atoms in total. The molecule has 1 aromatic rings. The summed E-state index contributed by atoms with van der Waals surface area (Å²) in [4.78, 5) is 3.06. The Kier molecular flexibility index (Phi) is 3.81. The molecule has 0 saturated heterocycles. The van der Waals surface area contributed by atoms with Crippen LogP contribution in [-0.4, -0.2) is 29.3 Å². The molecule has 0 spiro atoms. The van der Waals surface area contributed by atoms with Crippen LogP contribution in [0.2, 0.25) is 0 Å². The topological polar surface area (TPSA) is 42.4 Å². The van der Waals surface area contributed by atoms with Crippen LogP contribution in [0.1, 0.15) is 22.9 Å². The molecule has 0 amide bonds. The number of aromatic nitrogens is 1. The summed E-state index contributed by atoms with van der Waals surface area (Å²) in [5.74, 6) is -0.368. The lowest BCUT2D eigenvalue weighted by Crippen LogP contribution is -2.16. The lowest BCUT2D eigenvalue weighted by molar-refractivity contribution is -0.143. The summed E-state index contributed by atoms with van der Waals surface area (Å²) in [6.45, 7) is -1.05. The minimum atomic E-state index is -4.88. The van der Waals surface area contributed by atoms with Gasteiger partial charge in [0, 0.05) is 17.5 Å². The van der Waals surface area contributed by atoms with Gasteiger partial charge in [0.25, 0.3) is 6.43 Å². The zero-order valence-corrected chi connectivity index (χ0v) is 9.79. The number of rotatable bonds is 3. The number of pyridine rings is 1. The Morgan fingerprint density at radius 1 is 1.40 bits per heavy atom. The lowest BCUT2D eigenvalue weighted by atomic mass is 10.1. The maximum absolute atomic E-state index is 13.4. The van der Waals surface area contributed by atoms with Crippen LogP contribution in [0.25, 0.3) is 0 Å². The molecule has 1 N–H and O–H groups in total. The Balaban J connectivity index is 2.46. The maximum Gasteiger partial charge on any atom is 0.433 e. The van der Waals surface area contributed by atoms with E-state index in [0.29, 0.717) is 6.20 Å². The molecule has 2 atom stereocenters. The van der Waals surface area contributed by atoms with Gasteiger partial charge in [-0.15, -0.1) is 0 Å². The van der Waals surface area contributed by atoms with E-state index in [4.69, 9.17) is 0 Å². The van der Waals surface area contributed by atoms with Crippen molar-refractivity contribution >= 4 is 0 Å². The monoisotopic (exact) mass is 301 g/mol. The number of halogens is 6. The highest BCUT2D eigenvalue weighted by molar-refractivity contribution is 5.47. The summed E-state index contributed by atoms with van der Waals surface area (Å²) in [5.41, 5.74) is -2.44. The smallest absolute Gasteiger partial charge is 0.433 e. The predicted octanol–water partition coefficient (Wildman–Crippen LogP) is 2.67. The molecule has 1 aliphatic carbocycles. The Morgan fingerprint density at radius 2 is 2.05 bits per heavy atom. The summed E-state index contributed by atoms with van der Waals surface area (Å²) in [6.07, 6.45) is -11.6. The van der Waals surface area contributed by atoms with Gasteiger partial charge in [0.05, 0.1) is 6.20 Å². The third-order valence-corrected chi connectivity index (χ3v) is 2.86. The molecule has 0 fully saturated rings. The first-order valence-electron chi connectivity index (χ1n) is 5.54. The van der Waals surface area contributed by atoms with Gasteiger partial charge in [0.2, 0.25) is 0 Å². The van der Waals surface area contributed by atoms with E-state index in [0.717, 1.165) is 0 Å². The first-order valence-corrected chi connectivity index (χ1v) is 5.54. The number of ether oxygens (including phenoxy) is 1. The minimum absolute atomic E-state index is 0.270. The number of aliphatic hydroxyl groups is 1. The van der Waals surface area contributed by atoms with Crippen LogP contribution >= 0.6 is 0 Å². The normalized spacial score (nSPS) is 22.2. The van der Waals surface area contributed by atoms with E-state index in [1.54, 1.807) is 0 Å². The van der Waals surface area contributed by atoms with E-state index >= 15 is 0 Å². The molecule has 0 radical (unpaired) electrons. The molecule has 20 heavy (non-hydrogen) atoms. The van der Waals surface area contributed by atoms with Crippen molar-refractivity contribution in [2.24, 2.45) is 0 Å². The summed E-state index contributed by atoms with van der Waals surface area (Å²) < 4.78 is 80.3. The van der Waals surface area contributed by atoms with Crippen molar-refractivity contribution in [1.82, 2.24) is 4.98 Å². The Bertz CT molecular complexity index is 504. The lowest BCUT2D eigenvalue weighted by Gasteiger charge is -2.16. The van der Waals surface area contributed by atoms with Gasteiger partial charge < -0.3 is 9.84 Å². The van der Waals surface area contributed by atoms with E-state index in [9.17, 15) is 31.4 Å². The molecule has 0 aliphatic heterocycles. The van der Waals surface area contributed by atoms with Crippen LogP contribution < -0.4 is 4.74 Å². The van der Waals surface area contributed by atoms with Gasteiger partial charge in [-0.25, -0.2) is 18.2 Å². The fourth-order valence-corrected chi connectivity index (χ4v) is 2.07. The number of alkyl halides is 6. The zero-order valence-electron chi connectivity index (χ0n) is 9.79. The number of aliphatic hydroxyl groups excluding tert-OH is 1. The third kappa shape index (κ3) is 2.67.